The van der Waals surface area contributed by atoms with E-state index in [0.29, 0.717) is 16.9 Å². The zero-order chi connectivity index (χ0) is 28.2. The van der Waals surface area contributed by atoms with E-state index in [1.807, 2.05) is 30.3 Å². The molecule has 10 heteroatoms. The van der Waals surface area contributed by atoms with Gasteiger partial charge in [0.2, 0.25) is 5.75 Å². The highest BCUT2D eigenvalue weighted by Crippen LogP contribution is 2.57. The molecule has 198 valence electrons. The number of nitriles is 3. The summed E-state index contributed by atoms with van der Waals surface area (Å²) in [5.41, 5.74) is 6.26. The zero-order valence-electron chi connectivity index (χ0n) is 21.8. The SMILES string of the molecule is COc1ccc([C@H]2[C@H]3CN(C(=O)OCc4ccccc4)CC=C3C(C#N)=C(N)C2(C#N)C#N)c(OC)c1OC. The Morgan fingerprint density at radius 1 is 1.03 bits per heavy atom. The molecular weight excluding hydrogens is 498 g/mol. The van der Waals surface area contributed by atoms with Crippen LogP contribution < -0.4 is 19.9 Å². The van der Waals surface area contributed by atoms with Crippen LogP contribution in [0.1, 0.15) is 17.0 Å². The number of hydrogen-bond donors (Lipinski definition) is 1. The summed E-state index contributed by atoms with van der Waals surface area (Å²) in [7, 11) is 4.37. The summed E-state index contributed by atoms with van der Waals surface area (Å²) in [4.78, 5) is 14.6. The van der Waals surface area contributed by atoms with Crippen LogP contribution in [-0.4, -0.2) is 45.4 Å². The van der Waals surface area contributed by atoms with Gasteiger partial charge in [0, 0.05) is 30.5 Å². The van der Waals surface area contributed by atoms with Gasteiger partial charge in [-0.3, -0.25) is 0 Å². The lowest BCUT2D eigenvalue weighted by Crippen LogP contribution is -2.49. The molecule has 0 unspecified atom stereocenters. The van der Waals surface area contributed by atoms with Crippen LogP contribution in [0.15, 0.2) is 65.4 Å². The largest absolute Gasteiger partial charge is 0.493 e. The fourth-order valence-corrected chi connectivity index (χ4v) is 5.35. The highest BCUT2D eigenvalue weighted by molar-refractivity contribution is 5.70. The summed E-state index contributed by atoms with van der Waals surface area (Å²) in [5.74, 6) is -0.656. The van der Waals surface area contributed by atoms with Gasteiger partial charge in [0.15, 0.2) is 16.9 Å². The molecule has 1 amide bonds. The Morgan fingerprint density at radius 3 is 2.31 bits per heavy atom. The summed E-state index contributed by atoms with van der Waals surface area (Å²) in [5, 5.41) is 30.8. The second-order valence-corrected chi connectivity index (χ2v) is 9.04. The number of amides is 1. The number of nitrogens with zero attached hydrogens (tertiary/aromatic N) is 4. The predicted octanol–water partition coefficient (Wildman–Crippen LogP) is 3.77. The summed E-state index contributed by atoms with van der Waals surface area (Å²) in [6.45, 7) is 0.325. The van der Waals surface area contributed by atoms with Crippen LogP contribution in [0.4, 0.5) is 4.79 Å². The number of carbonyl (C=O) groups is 1. The van der Waals surface area contributed by atoms with Gasteiger partial charge >= 0.3 is 6.09 Å². The normalized spacial score (nSPS) is 19.4. The van der Waals surface area contributed by atoms with Crippen LogP contribution in [0.2, 0.25) is 0 Å². The van der Waals surface area contributed by atoms with Gasteiger partial charge in [0.1, 0.15) is 12.7 Å². The number of fused-ring (bicyclic) bond motifs is 1. The molecule has 1 aliphatic carbocycles. The number of hydrogen-bond acceptors (Lipinski definition) is 9. The van der Waals surface area contributed by atoms with E-state index in [2.05, 4.69) is 18.2 Å². The molecule has 4 rings (SSSR count). The topological polar surface area (TPSA) is 155 Å². The van der Waals surface area contributed by atoms with E-state index in [9.17, 15) is 20.6 Å². The van der Waals surface area contributed by atoms with Gasteiger partial charge in [-0.15, -0.1) is 0 Å². The minimum Gasteiger partial charge on any atom is -0.493 e. The number of allylic oxidation sites excluding steroid dienone is 2. The number of ether oxygens (including phenoxy) is 4. The third-order valence-corrected chi connectivity index (χ3v) is 7.20. The third-order valence-electron chi connectivity index (χ3n) is 7.20. The van der Waals surface area contributed by atoms with Crippen molar-refractivity contribution in [1.82, 2.24) is 4.90 Å². The average molecular weight is 526 g/mol. The van der Waals surface area contributed by atoms with E-state index < -0.39 is 23.3 Å². The van der Waals surface area contributed by atoms with E-state index in [1.54, 1.807) is 18.2 Å². The maximum Gasteiger partial charge on any atom is 0.410 e. The van der Waals surface area contributed by atoms with E-state index >= 15 is 0 Å². The lowest BCUT2D eigenvalue weighted by atomic mass is 9.58. The number of rotatable bonds is 6. The van der Waals surface area contributed by atoms with Gasteiger partial charge in [-0.1, -0.05) is 42.5 Å². The summed E-state index contributed by atoms with van der Waals surface area (Å²) < 4.78 is 22.2. The van der Waals surface area contributed by atoms with Crippen LogP contribution in [0, 0.1) is 45.3 Å². The van der Waals surface area contributed by atoms with Crippen molar-refractivity contribution in [2.75, 3.05) is 34.4 Å². The number of benzene rings is 2. The maximum absolute atomic E-state index is 13.1. The molecule has 1 aliphatic heterocycles. The molecule has 2 aliphatic rings. The van der Waals surface area contributed by atoms with Crippen molar-refractivity contribution in [1.29, 1.82) is 15.8 Å². The van der Waals surface area contributed by atoms with Crippen molar-refractivity contribution in [2.45, 2.75) is 12.5 Å². The van der Waals surface area contributed by atoms with Gasteiger partial charge in [0.25, 0.3) is 0 Å². The smallest absolute Gasteiger partial charge is 0.410 e. The molecule has 39 heavy (non-hydrogen) atoms. The molecule has 2 aromatic rings. The Hall–Kier alpha value is -5.14. The van der Waals surface area contributed by atoms with Crippen molar-refractivity contribution in [2.24, 2.45) is 17.1 Å². The summed E-state index contributed by atoms with van der Waals surface area (Å²) in [6.07, 6.45) is 1.16. The zero-order valence-corrected chi connectivity index (χ0v) is 21.8. The Balaban J connectivity index is 1.84. The minimum atomic E-state index is -1.93. The molecule has 2 aromatic carbocycles. The van der Waals surface area contributed by atoms with Crippen LogP contribution >= 0.6 is 0 Å². The lowest BCUT2D eigenvalue weighted by molar-refractivity contribution is 0.0897. The molecule has 0 bridgehead atoms. The molecule has 2 atom stereocenters. The van der Waals surface area contributed by atoms with Gasteiger partial charge in [0.05, 0.1) is 44.7 Å². The molecule has 0 radical (unpaired) electrons. The Kier molecular flexibility index (Phi) is 7.65. The molecule has 10 nitrogen and oxygen atoms in total. The molecule has 0 saturated heterocycles. The van der Waals surface area contributed by atoms with Crippen LogP contribution in [0.25, 0.3) is 0 Å². The molecule has 1 heterocycles. The van der Waals surface area contributed by atoms with E-state index in [0.717, 1.165) is 5.56 Å². The van der Waals surface area contributed by atoms with E-state index in [1.165, 1.54) is 26.2 Å². The van der Waals surface area contributed by atoms with E-state index in [-0.39, 0.29) is 42.5 Å². The number of methoxy groups -OCH3 is 3. The highest BCUT2D eigenvalue weighted by atomic mass is 16.6. The molecule has 0 saturated carbocycles. The summed E-state index contributed by atoms with van der Waals surface area (Å²) in [6, 6.07) is 18.9. The first-order valence-corrected chi connectivity index (χ1v) is 12.1. The second kappa shape index (κ2) is 11.1. The number of nitrogens with two attached hydrogens (primary N) is 1. The van der Waals surface area contributed by atoms with Gasteiger partial charge in [-0.25, -0.2) is 4.79 Å². The van der Waals surface area contributed by atoms with Crippen molar-refractivity contribution in [3.05, 3.63) is 76.5 Å². The van der Waals surface area contributed by atoms with Gasteiger partial charge in [-0.2, -0.15) is 15.8 Å². The maximum atomic E-state index is 13.1. The first-order valence-electron chi connectivity index (χ1n) is 12.1. The Morgan fingerprint density at radius 2 is 1.72 bits per heavy atom. The molecule has 0 spiro atoms. The fourth-order valence-electron chi connectivity index (χ4n) is 5.35. The van der Waals surface area contributed by atoms with Crippen LogP contribution in [0.3, 0.4) is 0 Å². The fraction of sp³-hybridized carbons (Fsp3) is 0.310. The average Bonchev–Trinajstić information content (AvgIpc) is 2.98. The highest BCUT2D eigenvalue weighted by Gasteiger charge is 2.56. The van der Waals surface area contributed by atoms with Crippen LogP contribution in [0.5, 0.6) is 17.2 Å². The standard InChI is InChI=1S/C29H27N5O5/c1-36-23-10-9-20(25(37-2)26(23)38-3)24-22-14-34(28(35)39-15-18-7-5-4-6-8-18)12-11-19(22)21(13-30)27(33)29(24,16-31)17-32/h4-11,22,24H,12,14-15,33H2,1-3H3/t22-,24-/m0/s1. The quantitative estimate of drug-likeness (QED) is 0.593. The molecule has 2 N–H and O–H groups in total. The van der Waals surface area contributed by atoms with Crippen molar-refractivity contribution in [3.8, 4) is 35.5 Å². The van der Waals surface area contributed by atoms with Crippen molar-refractivity contribution in [3.63, 3.8) is 0 Å². The van der Waals surface area contributed by atoms with Gasteiger partial charge in [-0.05, 0) is 17.2 Å². The van der Waals surface area contributed by atoms with Crippen LogP contribution in [-0.2, 0) is 11.3 Å². The Labute approximate surface area is 226 Å². The Bertz CT molecular complexity index is 1450. The first kappa shape index (κ1) is 26.9. The minimum absolute atomic E-state index is 0.0658. The van der Waals surface area contributed by atoms with E-state index in [4.69, 9.17) is 24.7 Å². The first-order chi connectivity index (χ1) is 18.9. The van der Waals surface area contributed by atoms with Crippen molar-refractivity contribution >= 4 is 6.09 Å². The van der Waals surface area contributed by atoms with Gasteiger partial charge < -0.3 is 29.6 Å². The number of carbonyl (C=O) groups excluding carboxylic acids is 1. The monoisotopic (exact) mass is 525 g/mol. The lowest BCUT2D eigenvalue weighted by Gasteiger charge is -2.45. The third kappa shape index (κ3) is 4.45. The molecular formula is C29H27N5O5. The predicted molar refractivity (Wildman–Crippen MR) is 139 cm³/mol. The van der Waals surface area contributed by atoms with Crippen molar-refractivity contribution < 1.29 is 23.7 Å². The second-order valence-electron chi connectivity index (χ2n) is 9.04. The molecule has 0 aromatic heterocycles. The summed E-state index contributed by atoms with van der Waals surface area (Å²) >= 11 is 0. The molecule has 0 fully saturated rings.